The number of likely N-dealkylation sites (tertiary alicyclic amines) is 1. The predicted molar refractivity (Wildman–Crippen MR) is 128 cm³/mol. The summed E-state index contributed by atoms with van der Waals surface area (Å²) in [6.07, 6.45) is 3.55. The fraction of sp³-hybridized carbons (Fsp3) is 0.417. The third-order valence-corrected chi connectivity index (χ3v) is 6.64. The summed E-state index contributed by atoms with van der Waals surface area (Å²) in [5.41, 5.74) is 2.91. The Kier molecular flexibility index (Phi) is 8.52. The molecule has 2 aromatic carbocycles. The fourth-order valence-corrected chi connectivity index (χ4v) is 5.06. The van der Waals surface area contributed by atoms with Gasteiger partial charge in [0.05, 0.1) is 11.0 Å². The van der Waals surface area contributed by atoms with Crippen molar-refractivity contribution in [3.8, 4) is 0 Å². The summed E-state index contributed by atoms with van der Waals surface area (Å²) >= 11 is 1.82. The number of piperidine rings is 1. The number of thioether (sulfide) groups is 1. The highest BCUT2D eigenvalue weighted by atomic mass is 35.5. The van der Waals surface area contributed by atoms with Crippen LogP contribution in [0.3, 0.4) is 0 Å². The van der Waals surface area contributed by atoms with Crippen LogP contribution in [0.5, 0.6) is 0 Å². The molecule has 0 aliphatic carbocycles. The number of para-hydroxylation sites is 2. The quantitative estimate of drug-likeness (QED) is 0.304. The molecule has 1 saturated heterocycles. The zero-order valence-corrected chi connectivity index (χ0v) is 19.4. The van der Waals surface area contributed by atoms with E-state index in [4.69, 9.17) is 4.98 Å². The largest absolute Gasteiger partial charge is 0.316 e. The molecule has 2 heterocycles. The van der Waals surface area contributed by atoms with E-state index in [1.807, 2.05) is 11.8 Å². The van der Waals surface area contributed by atoms with E-state index in [0.717, 1.165) is 55.3 Å². The number of imidazole rings is 1. The number of carbonyl (C=O) groups excluding carboxylic acids is 1. The number of halogens is 2. The van der Waals surface area contributed by atoms with Gasteiger partial charge in [-0.25, -0.2) is 9.37 Å². The second-order valence-electron chi connectivity index (χ2n) is 7.79. The summed E-state index contributed by atoms with van der Waals surface area (Å²) in [5, 5.41) is 1.13. The van der Waals surface area contributed by atoms with Crippen LogP contribution in [0.15, 0.2) is 53.7 Å². The van der Waals surface area contributed by atoms with E-state index in [9.17, 15) is 9.18 Å². The Bertz CT molecular complexity index is 1000. The van der Waals surface area contributed by atoms with Crippen LogP contribution in [0.4, 0.5) is 4.39 Å². The van der Waals surface area contributed by atoms with Gasteiger partial charge in [0, 0.05) is 31.1 Å². The van der Waals surface area contributed by atoms with Crippen molar-refractivity contribution in [2.45, 2.75) is 43.8 Å². The molecule has 0 bridgehead atoms. The molecule has 0 amide bonds. The van der Waals surface area contributed by atoms with Gasteiger partial charge in [-0.3, -0.25) is 4.79 Å². The van der Waals surface area contributed by atoms with Gasteiger partial charge in [0.2, 0.25) is 0 Å². The first-order valence-electron chi connectivity index (χ1n) is 10.8. The SMILES string of the molecule is CCSc1nc2ccccc2n1C1CCN(CCCC(=O)c2ccc(F)cc2)CC1.Cl. The standard InChI is InChI=1S/C24H28FN3OS.ClH/c1-2-30-24-26-21-6-3-4-7-22(21)28(24)20-13-16-27(17-14-20)15-5-8-23(29)18-9-11-19(25)12-10-18;/h3-4,6-7,9-12,20H,2,5,8,13-17H2,1H3;1H. The molecule has 0 radical (unpaired) electrons. The molecule has 1 aliphatic heterocycles. The number of benzene rings is 2. The van der Waals surface area contributed by atoms with Crippen LogP contribution < -0.4 is 0 Å². The first-order valence-corrected chi connectivity index (χ1v) is 11.7. The number of rotatable bonds is 8. The van der Waals surface area contributed by atoms with E-state index >= 15 is 0 Å². The Morgan fingerprint density at radius 1 is 1.13 bits per heavy atom. The summed E-state index contributed by atoms with van der Waals surface area (Å²) in [5.74, 6) is 0.807. The van der Waals surface area contributed by atoms with E-state index in [1.54, 1.807) is 12.1 Å². The molecular formula is C24H29ClFN3OS. The number of fused-ring (bicyclic) bond motifs is 1. The molecular weight excluding hydrogens is 433 g/mol. The van der Waals surface area contributed by atoms with Gasteiger partial charge in [0.15, 0.2) is 10.9 Å². The van der Waals surface area contributed by atoms with Crippen LogP contribution in [0.25, 0.3) is 11.0 Å². The predicted octanol–water partition coefficient (Wildman–Crippen LogP) is 6.01. The fourth-order valence-electron chi connectivity index (χ4n) is 4.25. The second-order valence-corrected chi connectivity index (χ2v) is 9.02. The van der Waals surface area contributed by atoms with Crippen molar-refractivity contribution in [1.82, 2.24) is 14.5 Å². The van der Waals surface area contributed by atoms with Gasteiger partial charge in [0.25, 0.3) is 0 Å². The third-order valence-electron chi connectivity index (χ3n) is 5.80. The van der Waals surface area contributed by atoms with E-state index in [2.05, 4.69) is 40.7 Å². The molecule has 0 spiro atoms. The van der Waals surface area contributed by atoms with Gasteiger partial charge in [-0.2, -0.15) is 0 Å². The average molecular weight is 462 g/mol. The molecule has 0 atom stereocenters. The number of Topliss-reactive ketones (excluding diaryl/α,β-unsaturated/α-hetero) is 1. The van der Waals surface area contributed by atoms with Gasteiger partial charge in [-0.15, -0.1) is 12.4 Å². The lowest BCUT2D eigenvalue weighted by Crippen LogP contribution is -2.35. The molecule has 7 heteroatoms. The van der Waals surface area contributed by atoms with Gasteiger partial charge in [-0.05, 0) is 68.0 Å². The Hall–Kier alpha value is -1.89. The van der Waals surface area contributed by atoms with Crippen molar-refractivity contribution >= 4 is 41.0 Å². The van der Waals surface area contributed by atoms with Crippen molar-refractivity contribution in [1.29, 1.82) is 0 Å². The normalized spacial score (nSPS) is 15.2. The summed E-state index contributed by atoms with van der Waals surface area (Å²) < 4.78 is 15.5. The van der Waals surface area contributed by atoms with Crippen molar-refractivity contribution in [3.05, 3.63) is 59.9 Å². The van der Waals surface area contributed by atoms with Gasteiger partial charge in [-0.1, -0.05) is 30.8 Å². The Morgan fingerprint density at radius 3 is 2.55 bits per heavy atom. The number of hydrogen-bond donors (Lipinski definition) is 0. The summed E-state index contributed by atoms with van der Waals surface area (Å²) in [4.78, 5) is 19.6. The van der Waals surface area contributed by atoms with E-state index in [1.165, 1.54) is 17.6 Å². The number of aromatic nitrogens is 2. The van der Waals surface area contributed by atoms with Crippen LogP contribution in [-0.2, 0) is 0 Å². The molecule has 1 aromatic heterocycles. The Labute approximate surface area is 193 Å². The zero-order valence-electron chi connectivity index (χ0n) is 17.8. The smallest absolute Gasteiger partial charge is 0.169 e. The molecule has 166 valence electrons. The van der Waals surface area contributed by atoms with E-state index in [-0.39, 0.29) is 24.0 Å². The number of carbonyl (C=O) groups is 1. The van der Waals surface area contributed by atoms with Crippen LogP contribution in [0, 0.1) is 5.82 Å². The third kappa shape index (κ3) is 5.68. The molecule has 0 N–H and O–H groups in total. The second kappa shape index (κ2) is 11.1. The van der Waals surface area contributed by atoms with Crippen molar-refractivity contribution < 1.29 is 9.18 Å². The minimum atomic E-state index is -0.305. The Balaban J connectivity index is 0.00000272. The van der Waals surface area contributed by atoms with Crippen molar-refractivity contribution in [2.24, 2.45) is 0 Å². The maximum atomic E-state index is 13.0. The van der Waals surface area contributed by atoms with Gasteiger partial charge in [0.1, 0.15) is 5.82 Å². The topological polar surface area (TPSA) is 38.1 Å². The maximum absolute atomic E-state index is 13.0. The van der Waals surface area contributed by atoms with Gasteiger partial charge >= 0.3 is 0 Å². The van der Waals surface area contributed by atoms with E-state index < -0.39 is 0 Å². The first kappa shape index (κ1) is 23.8. The van der Waals surface area contributed by atoms with E-state index in [0.29, 0.717) is 18.0 Å². The monoisotopic (exact) mass is 461 g/mol. The highest BCUT2D eigenvalue weighted by Crippen LogP contribution is 2.32. The first-order chi connectivity index (χ1) is 14.7. The summed E-state index contributed by atoms with van der Waals surface area (Å²) in [6.45, 7) is 5.18. The highest BCUT2D eigenvalue weighted by Gasteiger charge is 2.24. The highest BCUT2D eigenvalue weighted by molar-refractivity contribution is 7.99. The molecule has 4 rings (SSSR count). The van der Waals surface area contributed by atoms with Crippen molar-refractivity contribution in [3.63, 3.8) is 0 Å². The van der Waals surface area contributed by atoms with Crippen LogP contribution in [0.2, 0.25) is 0 Å². The van der Waals surface area contributed by atoms with Crippen LogP contribution in [-0.4, -0.2) is 45.6 Å². The lowest BCUT2D eigenvalue weighted by Gasteiger charge is -2.33. The molecule has 0 saturated carbocycles. The maximum Gasteiger partial charge on any atom is 0.169 e. The van der Waals surface area contributed by atoms with Crippen LogP contribution >= 0.6 is 24.2 Å². The number of hydrogen-bond acceptors (Lipinski definition) is 4. The Morgan fingerprint density at radius 2 is 1.84 bits per heavy atom. The lowest BCUT2D eigenvalue weighted by molar-refractivity contribution is 0.0970. The number of ketones is 1. The summed E-state index contributed by atoms with van der Waals surface area (Å²) in [7, 11) is 0. The molecule has 0 unspecified atom stereocenters. The number of nitrogens with zero attached hydrogens (tertiary/aromatic N) is 3. The minimum Gasteiger partial charge on any atom is -0.316 e. The molecule has 4 nitrogen and oxygen atoms in total. The zero-order chi connectivity index (χ0) is 20.9. The molecule has 31 heavy (non-hydrogen) atoms. The molecule has 1 fully saturated rings. The molecule has 3 aromatic rings. The average Bonchev–Trinajstić information content (AvgIpc) is 3.13. The molecule has 1 aliphatic rings. The van der Waals surface area contributed by atoms with Crippen LogP contribution in [0.1, 0.15) is 49.0 Å². The van der Waals surface area contributed by atoms with Gasteiger partial charge < -0.3 is 9.47 Å². The summed E-state index contributed by atoms with van der Waals surface area (Å²) in [6, 6.07) is 14.7. The van der Waals surface area contributed by atoms with Crippen molar-refractivity contribution in [2.75, 3.05) is 25.4 Å². The lowest BCUT2D eigenvalue weighted by atomic mass is 10.0. The minimum absolute atomic E-state index is 0.